The molecule has 5 unspecified atom stereocenters. The van der Waals surface area contributed by atoms with Crippen LogP contribution in [0.1, 0.15) is 70.2 Å². The third-order valence-corrected chi connectivity index (χ3v) is 10.2. The van der Waals surface area contributed by atoms with E-state index in [9.17, 15) is 14.7 Å². The average Bonchev–Trinajstić information content (AvgIpc) is 3.10. The van der Waals surface area contributed by atoms with Crippen LogP contribution in [0.25, 0.3) is 0 Å². The molecule has 42 heavy (non-hydrogen) atoms. The summed E-state index contributed by atoms with van der Waals surface area (Å²) < 4.78 is 9.62. The highest BCUT2D eigenvalue weighted by Gasteiger charge is 2.37. The molecule has 1 spiro atoms. The van der Waals surface area contributed by atoms with Crippen molar-refractivity contribution < 1.29 is 19.4 Å². The van der Waals surface area contributed by atoms with E-state index in [1.807, 2.05) is 18.2 Å². The minimum absolute atomic E-state index is 0.0270. The Balaban J connectivity index is 1.76. The molecule has 0 radical (unpaired) electrons. The van der Waals surface area contributed by atoms with Gasteiger partial charge in [-0.25, -0.2) is 0 Å². The van der Waals surface area contributed by atoms with Crippen LogP contribution >= 0.6 is 10.7 Å². The zero-order valence-corrected chi connectivity index (χ0v) is 26.6. The van der Waals surface area contributed by atoms with Gasteiger partial charge >= 0.3 is 0 Å². The summed E-state index contributed by atoms with van der Waals surface area (Å²) in [6, 6.07) is 5.72. The van der Waals surface area contributed by atoms with Crippen molar-refractivity contribution in [2.75, 3.05) is 43.4 Å². The van der Waals surface area contributed by atoms with Crippen LogP contribution < -0.4 is 14.4 Å². The number of fused-ring (bicyclic) bond motifs is 1. The molecule has 3 aliphatic rings. The summed E-state index contributed by atoms with van der Waals surface area (Å²) in [6.07, 6.45) is 14.9. The number of ether oxygens (including phenoxy) is 1. The first kappa shape index (κ1) is 32.1. The maximum absolute atomic E-state index is 13.4. The summed E-state index contributed by atoms with van der Waals surface area (Å²) in [5.41, 5.74) is 2.50. The van der Waals surface area contributed by atoms with E-state index in [4.69, 9.17) is 4.74 Å². The van der Waals surface area contributed by atoms with E-state index in [0.29, 0.717) is 37.4 Å². The summed E-state index contributed by atoms with van der Waals surface area (Å²) >= 11 is 0. The zero-order chi connectivity index (χ0) is 30.3. The Labute approximate surface area is 254 Å². The number of anilines is 1. The number of rotatable bonds is 1. The van der Waals surface area contributed by atoms with Gasteiger partial charge in [0.25, 0.3) is 5.91 Å². The van der Waals surface area contributed by atoms with E-state index in [1.54, 1.807) is 11.8 Å². The Morgan fingerprint density at radius 1 is 1.29 bits per heavy atom. The molecule has 1 aromatic carbocycles. The fourth-order valence-electron chi connectivity index (χ4n) is 6.42. The van der Waals surface area contributed by atoms with Gasteiger partial charge in [0.1, 0.15) is 5.75 Å². The monoisotopic (exact) mass is 595 g/mol. The molecule has 2 aliphatic heterocycles. The van der Waals surface area contributed by atoms with E-state index in [-0.39, 0.29) is 29.1 Å². The topological polar surface area (TPSA) is 82.1 Å². The van der Waals surface area contributed by atoms with E-state index >= 15 is 0 Å². The molecule has 2 bridgehead atoms. The van der Waals surface area contributed by atoms with Gasteiger partial charge in [0.05, 0.1) is 18.4 Å². The van der Waals surface area contributed by atoms with Gasteiger partial charge < -0.3 is 24.4 Å². The lowest BCUT2D eigenvalue weighted by Gasteiger charge is -2.38. The number of benzene rings is 1. The molecule has 1 aliphatic carbocycles. The SMILES string of the molecule is C=S1CCN(C(C)=O)CCC(O)C(C)C(CC)CN2CC3(\C=C(C)/C=C\C=C\CCC3)COc3ccc(cc32)C(=O)N1. The van der Waals surface area contributed by atoms with Crippen LogP contribution in [0.5, 0.6) is 5.75 Å². The van der Waals surface area contributed by atoms with Gasteiger partial charge in [0.2, 0.25) is 5.91 Å². The third kappa shape index (κ3) is 8.16. The predicted octanol–water partition coefficient (Wildman–Crippen LogP) is 5.74. The van der Waals surface area contributed by atoms with Crippen molar-refractivity contribution in [2.45, 2.75) is 65.9 Å². The van der Waals surface area contributed by atoms with Crippen molar-refractivity contribution >= 4 is 34.0 Å². The Morgan fingerprint density at radius 2 is 2.10 bits per heavy atom. The second-order valence-corrected chi connectivity index (χ2v) is 13.9. The first-order chi connectivity index (χ1) is 20.1. The van der Waals surface area contributed by atoms with Crippen LogP contribution in [0.2, 0.25) is 0 Å². The number of nitrogens with zero attached hydrogens (tertiary/aromatic N) is 2. The first-order valence-electron chi connectivity index (χ1n) is 15.4. The molecule has 8 heteroatoms. The van der Waals surface area contributed by atoms with Crippen LogP contribution in [0.15, 0.2) is 54.2 Å². The molecule has 2 heterocycles. The van der Waals surface area contributed by atoms with Gasteiger partial charge in [-0.1, -0.05) is 72.8 Å². The fourth-order valence-corrected chi connectivity index (χ4v) is 7.35. The number of carbonyl (C=O) groups is 2. The summed E-state index contributed by atoms with van der Waals surface area (Å²) in [7, 11) is -0.658. The van der Waals surface area contributed by atoms with Crippen molar-refractivity contribution in [3.8, 4) is 5.75 Å². The number of amides is 2. The van der Waals surface area contributed by atoms with Crippen LogP contribution in [-0.4, -0.2) is 72.3 Å². The van der Waals surface area contributed by atoms with Gasteiger partial charge in [-0.3, -0.25) is 9.59 Å². The number of nitrogens with one attached hydrogen (secondary N) is 1. The van der Waals surface area contributed by atoms with Crippen LogP contribution in [0.4, 0.5) is 5.69 Å². The van der Waals surface area contributed by atoms with Crippen molar-refractivity contribution in [2.24, 2.45) is 17.3 Å². The van der Waals surface area contributed by atoms with Crippen LogP contribution in [-0.2, 0) is 4.79 Å². The average molecular weight is 596 g/mol. The highest BCUT2D eigenvalue weighted by molar-refractivity contribution is 8.12. The minimum atomic E-state index is -0.658. The van der Waals surface area contributed by atoms with Crippen molar-refractivity contribution in [1.29, 1.82) is 0 Å². The van der Waals surface area contributed by atoms with Gasteiger partial charge in [-0.15, -0.1) is 0 Å². The number of carbonyl (C=O) groups excluding carboxylic acids is 2. The van der Waals surface area contributed by atoms with E-state index in [2.05, 4.69) is 66.6 Å². The standard InChI is InChI=1S/C34H49N3O4S/c1-6-28-22-37-23-34(16-11-9-7-8-10-12-25(2)21-34)24-41-32-14-13-29(20-30(32)37)33(40)35-42(5)19-18-36(27(4)38)17-15-31(39)26(28)3/h7-8,10,12-14,20-21,26,28,31,39H,5-6,9,11,15-19,22-24H2,1-4H3,(H,35,40)/b8-7+,12-10-,25-21-. The summed E-state index contributed by atoms with van der Waals surface area (Å²) in [5, 5.41) is 11.3. The fraction of sp³-hybridized carbons (Fsp3) is 0.559. The lowest BCUT2D eigenvalue weighted by molar-refractivity contribution is -0.129. The smallest absolute Gasteiger partial charge is 0.260 e. The summed E-state index contributed by atoms with van der Waals surface area (Å²) in [6.45, 7) is 11.1. The van der Waals surface area contributed by atoms with Crippen LogP contribution in [0, 0.1) is 17.3 Å². The quantitative estimate of drug-likeness (QED) is 0.405. The highest BCUT2D eigenvalue weighted by Crippen LogP contribution is 2.41. The van der Waals surface area contributed by atoms with Crippen molar-refractivity contribution in [1.82, 2.24) is 9.62 Å². The maximum Gasteiger partial charge on any atom is 0.260 e. The first-order valence-corrected chi connectivity index (χ1v) is 17.0. The molecule has 4 rings (SSSR count). The number of hydrogen-bond donors (Lipinski definition) is 2. The predicted molar refractivity (Wildman–Crippen MR) is 175 cm³/mol. The molecular weight excluding hydrogens is 546 g/mol. The molecule has 7 nitrogen and oxygen atoms in total. The minimum Gasteiger partial charge on any atom is -0.490 e. The van der Waals surface area contributed by atoms with Gasteiger partial charge in [-0.2, -0.15) is 0 Å². The molecule has 2 N–H and O–H groups in total. The van der Waals surface area contributed by atoms with E-state index in [1.165, 1.54) is 5.57 Å². The van der Waals surface area contributed by atoms with Gasteiger partial charge in [0, 0.05) is 49.8 Å². The molecular formula is C34H49N3O4S. The number of aliphatic hydroxyl groups excluding tert-OH is 1. The third-order valence-electron chi connectivity index (χ3n) is 9.08. The lowest BCUT2D eigenvalue weighted by atomic mass is 9.80. The largest absolute Gasteiger partial charge is 0.490 e. The second kappa shape index (κ2) is 14.6. The Morgan fingerprint density at radius 3 is 2.86 bits per heavy atom. The second-order valence-electron chi connectivity index (χ2n) is 12.3. The Bertz CT molecular complexity index is 1240. The molecule has 0 saturated carbocycles. The Hall–Kier alpha value is -2.84. The lowest BCUT2D eigenvalue weighted by Crippen LogP contribution is -2.43. The van der Waals surface area contributed by atoms with Crippen molar-refractivity contribution in [3.05, 3.63) is 59.7 Å². The Kier molecular flexibility index (Phi) is 11.1. The molecule has 230 valence electrons. The highest BCUT2D eigenvalue weighted by atomic mass is 32.2. The molecule has 5 atom stereocenters. The van der Waals surface area contributed by atoms with Gasteiger partial charge in [-0.05, 0) is 62.6 Å². The number of hydrogen-bond acceptors (Lipinski definition) is 5. The van der Waals surface area contributed by atoms with E-state index in [0.717, 1.165) is 50.2 Å². The molecule has 0 saturated heterocycles. The van der Waals surface area contributed by atoms with Gasteiger partial charge in [0.15, 0.2) is 0 Å². The van der Waals surface area contributed by atoms with Crippen LogP contribution in [0.3, 0.4) is 0 Å². The number of allylic oxidation sites excluding steroid dienone is 5. The number of aliphatic hydroxyl groups is 1. The summed E-state index contributed by atoms with van der Waals surface area (Å²) in [5.74, 6) is 5.55. The molecule has 2 amide bonds. The molecule has 0 fully saturated rings. The van der Waals surface area contributed by atoms with Crippen molar-refractivity contribution in [3.63, 3.8) is 0 Å². The summed E-state index contributed by atoms with van der Waals surface area (Å²) in [4.78, 5) is 29.9. The van der Waals surface area contributed by atoms with E-state index < -0.39 is 16.8 Å². The molecule has 0 aromatic heterocycles. The normalized spacial score (nSPS) is 32.5. The maximum atomic E-state index is 13.4. The molecule has 1 aromatic rings. The zero-order valence-electron chi connectivity index (χ0n) is 25.8.